The van der Waals surface area contributed by atoms with E-state index in [4.69, 9.17) is 14.2 Å². The number of carbonyl (C=O) groups is 2. The number of benzene rings is 2. The van der Waals surface area contributed by atoms with Crippen molar-refractivity contribution < 1.29 is 23.8 Å². The fourth-order valence-corrected chi connectivity index (χ4v) is 4.42. The summed E-state index contributed by atoms with van der Waals surface area (Å²) < 4.78 is 16.7. The second-order valence-electron chi connectivity index (χ2n) is 7.94. The van der Waals surface area contributed by atoms with Crippen molar-refractivity contribution in [1.29, 1.82) is 0 Å². The summed E-state index contributed by atoms with van der Waals surface area (Å²) in [4.78, 5) is 26.4. The molecule has 2 aromatic rings. The van der Waals surface area contributed by atoms with E-state index in [0.717, 1.165) is 29.7 Å². The number of Topliss-reactive ketones (excluding diaryl/α,β-unsaturated/α-hetero) is 1. The molecular weight excluding hydrogens is 406 g/mol. The zero-order chi connectivity index (χ0) is 22.7. The van der Waals surface area contributed by atoms with Gasteiger partial charge in [-0.2, -0.15) is 0 Å². The molecule has 1 atom stereocenters. The first kappa shape index (κ1) is 21.7. The Hall–Kier alpha value is -3.54. The van der Waals surface area contributed by atoms with Crippen molar-refractivity contribution in [2.24, 2.45) is 0 Å². The Morgan fingerprint density at radius 2 is 1.84 bits per heavy atom. The van der Waals surface area contributed by atoms with Crippen LogP contribution in [0.4, 0.5) is 0 Å². The molecule has 1 aliphatic heterocycles. The fourth-order valence-electron chi connectivity index (χ4n) is 4.42. The molecule has 1 N–H and O–H groups in total. The molecule has 0 unspecified atom stereocenters. The van der Waals surface area contributed by atoms with Gasteiger partial charge in [0.2, 0.25) is 0 Å². The van der Waals surface area contributed by atoms with Crippen LogP contribution in [-0.2, 0) is 20.9 Å². The van der Waals surface area contributed by atoms with Gasteiger partial charge in [-0.25, -0.2) is 4.79 Å². The Bertz CT molecular complexity index is 1100. The van der Waals surface area contributed by atoms with Crippen LogP contribution in [0.1, 0.15) is 43.2 Å². The summed E-state index contributed by atoms with van der Waals surface area (Å²) in [7, 11) is 3.15. The van der Waals surface area contributed by atoms with Gasteiger partial charge in [0.25, 0.3) is 0 Å². The number of ether oxygens (including phenoxy) is 3. The normalized spacial score (nSPS) is 18.1. The highest BCUT2D eigenvalue weighted by molar-refractivity contribution is 6.04. The predicted octanol–water partition coefficient (Wildman–Crippen LogP) is 4.42. The number of carbonyl (C=O) groups excluding carboxylic acids is 2. The molecule has 0 aromatic heterocycles. The summed E-state index contributed by atoms with van der Waals surface area (Å²) in [6.07, 6.45) is 2.01. The van der Waals surface area contributed by atoms with Crippen LogP contribution in [0.25, 0.3) is 0 Å². The number of ketones is 1. The van der Waals surface area contributed by atoms with Crippen LogP contribution in [0.15, 0.2) is 71.1 Å². The van der Waals surface area contributed by atoms with Crippen LogP contribution in [-0.4, -0.2) is 26.0 Å². The average Bonchev–Trinajstić information content (AvgIpc) is 2.82. The summed E-state index contributed by atoms with van der Waals surface area (Å²) in [6, 6.07) is 15.0. The maximum absolute atomic E-state index is 13.3. The Morgan fingerprint density at radius 3 is 2.56 bits per heavy atom. The van der Waals surface area contributed by atoms with Crippen LogP contribution in [0.2, 0.25) is 0 Å². The van der Waals surface area contributed by atoms with Gasteiger partial charge in [-0.3, -0.25) is 4.79 Å². The molecule has 4 rings (SSSR count). The van der Waals surface area contributed by atoms with E-state index in [1.165, 1.54) is 0 Å². The van der Waals surface area contributed by atoms with Crippen molar-refractivity contribution >= 4 is 11.8 Å². The molecule has 6 heteroatoms. The van der Waals surface area contributed by atoms with Gasteiger partial charge in [0.1, 0.15) is 18.1 Å². The van der Waals surface area contributed by atoms with E-state index >= 15 is 0 Å². The first-order valence-electron chi connectivity index (χ1n) is 10.7. The van der Waals surface area contributed by atoms with Gasteiger partial charge in [0, 0.05) is 35.0 Å². The molecule has 0 bridgehead atoms. The Morgan fingerprint density at radius 1 is 1.06 bits per heavy atom. The minimum Gasteiger partial charge on any atom is -0.497 e. The van der Waals surface area contributed by atoms with Crippen molar-refractivity contribution in [3.63, 3.8) is 0 Å². The topological polar surface area (TPSA) is 73.9 Å². The highest BCUT2D eigenvalue weighted by Gasteiger charge is 2.40. The zero-order valence-electron chi connectivity index (χ0n) is 18.6. The third kappa shape index (κ3) is 4.13. The molecule has 166 valence electrons. The van der Waals surface area contributed by atoms with Crippen molar-refractivity contribution in [2.45, 2.75) is 38.7 Å². The van der Waals surface area contributed by atoms with Crippen LogP contribution in [0.5, 0.6) is 11.5 Å². The van der Waals surface area contributed by atoms with Crippen molar-refractivity contribution in [3.05, 3.63) is 82.2 Å². The largest absolute Gasteiger partial charge is 0.497 e. The van der Waals surface area contributed by atoms with Gasteiger partial charge in [0.05, 0.1) is 25.7 Å². The molecule has 0 saturated carbocycles. The summed E-state index contributed by atoms with van der Waals surface area (Å²) in [5, 5.41) is 3.31. The molecule has 6 nitrogen and oxygen atoms in total. The smallest absolute Gasteiger partial charge is 0.337 e. The van der Waals surface area contributed by atoms with Gasteiger partial charge in [0.15, 0.2) is 5.78 Å². The van der Waals surface area contributed by atoms with Crippen LogP contribution in [0.3, 0.4) is 0 Å². The molecule has 32 heavy (non-hydrogen) atoms. The molecule has 1 aliphatic carbocycles. The van der Waals surface area contributed by atoms with E-state index in [1.807, 2.05) is 49.4 Å². The predicted molar refractivity (Wildman–Crippen MR) is 120 cm³/mol. The average molecular weight is 434 g/mol. The lowest BCUT2D eigenvalue weighted by Gasteiger charge is -2.34. The number of hydrogen-bond donors (Lipinski definition) is 1. The summed E-state index contributed by atoms with van der Waals surface area (Å²) in [6.45, 7) is 2.01. The minimum absolute atomic E-state index is 0.0440. The van der Waals surface area contributed by atoms with E-state index in [-0.39, 0.29) is 12.4 Å². The number of hydrogen-bond acceptors (Lipinski definition) is 6. The van der Waals surface area contributed by atoms with Crippen LogP contribution < -0.4 is 14.8 Å². The highest BCUT2D eigenvalue weighted by Crippen LogP contribution is 2.46. The van der Waals surface area contributed by atoms with Gasteiger partial charge < -0.3 is 19.5 Å². The lowest BCUT2D eigenvalue weighted by atomic mass is 9.75. The monoisotopic (exact) mass is 433 g/mol. The Balaban J connectivity index is 1.77. The first-order chi connectivity index (χ1) is 15.5. The van der Waals surface area contributed by atoms with E-state index in [0.29, 0.717) is 34.8 Å². The number of methoxy groups -OCH3 is 2. The Labute approximate surface area is 187 Å². The first-order valence-corrected chi connectivity index (χ1v) is 10.7. The standard InChI is InChI=1S/C26H27NO5/c1-16-23(26(29)32-15-17-8-5-4-6-9-17)24(25-20(27-16)10-7-11-21(25)28)19-13-12-18(30-2)14-22(19)31-3/h4-6,8-9,12-14,24,27H,7,10-11,15H2,1-3H3/t24-/m0/s1. The second kappa shape index (κ2) is 9.30. The number of dihydropyridines is 1. The van der Waals surface area contributed by atoms with Gasteiger partial charge in [-0.1, -0.05) is 36.4 Å². The van der Waals surface area contributed by atoms with E-state index in [2.05, 4.69) is 5.32 Å². The summed E-state index contributed by atoms with van der Waals surface area (Å²) >= 11 is 0. The van der Waals surface area contributed by atoms with Crippen molar-refractivity contribution in [3.8, 4) is 11.5 Å². The summed E-state index contributed by atoms with van der Waals surface area (Å²) in [5.74, 6) is 0.220. The number of allylic oxidation sites excluding steroid dienone is 3. The van der Waals surface area contributed by atoms with Crippen LogP contribution in [0, 0.1) is 0 Å². The van der Waals surface area contributed by atoms with Gasteiger partial charge in [-0.05, 0) is 31.4 Å². The molecule has 2 aliphatic rings. The molecule has 0 radical (unpaired) electrons. The number of esters is 1. The Kier molecular flexibility index (Phi) is 6.30. The van der Waals surface area contributed by atoms with Crippen LogP contribution >= 0.6 is 0 Å². The molecule has 1 heterocycles. The zero-order valence-corrected chi connectivity index (χ0v) is 18.6. The fraction of sp³-hybridized carbons (Fsp3) is 0.308. The summed E-state index contributed by atoms with van der Waals surface area (Å²) in [5.41, 5.74) is 4.26. The maximum atomic E-state index is 13.3. The van der Waals surface area contributed by atoms with E-state index < -0.39 is 11.9 Å². The highest BCUT2D eigenvalue weighted by atomic mass is 16.5. The molecule has 0 spiro atoms. The quantitative estimate of drug-likeness (QED) is 0.680. The van der Waals surface area contributed by atoms with Crippen molar-refractivity contribution in [1.82, 2.24) is 5.32 Å². The SMILES string of the molecule is COc1ccc([C@H]2C(C(=O)OCc3ccccc3)=C(C)NC3=C2C(=O)CCC3)c(OC)c1. The van der Waals surface area contributed by atoms with E-state index in [1.54, 1.807) is 20.3 Å². The maximum Gasteiger partial charge on any atom is 0.337 e. The lowest BCUT2D eigenvalue weighted by molar-refractivity contribution is -0.140. The molecule has 2 aromatic carbocycles. The second-order valence-corrected chi connectivity index (χ2v) is 7.94. The molecule has 0 fully saturated rings. The number of rotatable bonds is 6. The molecular formula is C26H27NO5. The van der Waals surface area contributed by atoms with E-state index in [9.17, 15) is 9.59 Å². The molecule has 0 amide bonds. The van der Waals surface area contributed by atoms with Crippen molar-refractivity contribution in [2.75, 3.05) is 14.2 Å². The van der Waals surface area contributed by atoms with Gasteiger partial charge in [-0.15, -0.1) is 0 Å². The third-order valence-corrected chi connectivity index (χ3v) is 5.96. The van der Waals surface area contributed by atoms with Gasteiger partial charge >= 0.3 is 5.97 Å². The molecule has 0 saturated heterocycles. The third-order valence-electron chi connectivity index (χ3n) is 5.96. The lowest BCUT2D eigenvalue weighted by Crippen LogP contribution is -2.34. The minimum atomic E-state index is -0.567. The number of nitrogens with one attached hydrogen (secondary N) is 1.